The first-order chi connectivity index (χ1) is 17.9. The van der Waals surface area contributed by atoms with Crippen LogP contribution in [0.1, 0.15) is 33.2 Å². The minimum Gasteiger partial charge on any atom is -0.462 e. The Hall–Kier alpha value is -4.51. The number of esters is 1. The van der Waals surface area contributed by atoms with E-state index in [0.29, 0.717) is 17.1 Å². The van der Waals surface area contributed by atoms with Crippen molar-refractivity contribution in [1.82, 2.24) is 14.0 Å². The van der Waals surface area contributed by atoms with Gasteiger partial charge in [-0.1, -0.05) is 6.07 Å². The van der Waals surface area contributed by atoms with Crippen LogP contribution in [0.5, 0.6) is 11.5 Å². The van der Waals surface area contributed by atoms with Gasteiger partial charge in [0.15, 0.2) is 17.0 Å². The Morgan fingerprint density at radius 3 is 2.73 bits per heavy atom. The number of aryl methyl sites for hydroxylation is 1. The number of hydrogen-bond donors (Lipinski definition) is 0. The van der Waals surface area contributed by atoms with Crippen molar-refractivity contribution >= 4 is 28.6 Å². The Balaban J connectivity index is 1.83. The molecule has 0 spiro atoms. The topological polar surface area (TPSA) is 123 Å². The molecule has 5 rings (SSSR count). The molecule has 0 atom stereocenters. The van der Waals surface area contributed by atoms with E-state index < -0.39 is 11.9 Å². The predicted octanol–water partition coefficient (Wildman–Crippen LogP) is 2.25. The summed E-state index contributed by atoms with van der Waals surface area (Å²) in [6.45, 7) is 4.05. The molecule has 0 bridgehead atoms. The quantitative estimate of drug-likeness (QED) is 0.289. The van der Waals surface area contributed by atoms with Gasteiger partial charge in [0.05, 0.1) is 18.6 Å². The number of rotatable bonds is 6. The molecule has 0 saturated heterocycles. The number of hydrogen-bond acceptors (Lipinski definition) is 8. The van der Waals surface area contributed by atoms with E-state index in [2.05, 4.69) is 4.99 Å². The minimum atomic E-state index is -0.721. The summed E-state index contributed by atoms with van der Waals surface area (Å²) < 4.78 is 24.2. The average molecular weight is 504 g/mol. The van der Waals surface area contributed by atoms with Gasteiger partial charge in [0, 0.05) is 25.4 Å². The molecule has 0 aliphatic carbocycles. The lowest BCUT2D eigenvalue weighted by Gasteiger charge is -2.15. The van der Waals surface area contributed by atoms with Crippen molar-refractivity contribution in [3.63, 3.8) is 0 Å². The molecule has 0 N–H and O–H groups in total. The van der Waals surface area contributed by atoms with Crippen LogP contribution in [0.2, 0.25) is 0 Å². The zero-order chi connectivity index (χ0) is 26.1. The van der Waals surface area contributed by atoms with Crippen molar-refractivity contribution in [3.8, 4) is 11.5 Å². The van der Waals surface area contributed by atoms with E-state index in [1.54, 1.807) is 35.9 Å². The number of carbonyl (C=O) groups is 2. The zero-order valence-corrected chi connectivity index (χ0v) is 20.5. The number of ether oxygens (including phenoxy) is 4. The first-order valence-electron chi connectivity index (χ1n) is 11.6. The van der Waals surface area contributed by atoms with Crippen LogP contribution in [0.4, 0.5) is 0 Å². The monoisotopic (exact) mass is 504 g/mol. The third-order valence-electron chi connectivity index (χ3n) is 5.95. The summed E-state index contributed by atoms with van der Waals surface area (Å²) in [4.78, 5) is 48.8. The molecule has 3 aromatic heterocycles. The smallest absolute Gasteiger partial charge is 0.341 e. The van der Waals surface area contributed by atoms with E-state index >= 15 is 0 Å². The second-order valence-electron chi connectivity index (χ2n) is 8.27. The Kier molecular flexibility index (Phi) is 6.45. The van der Waals surface area contributed by atoms with Crippen molar-refractivity contribution in [2.75, 3.05) is 27.1 Å². The van der Waals surface area contributed by atoms with Crippen molar-refractivity contribution in [2.24, 2.45) is 4.99 Å². The molecule has 1 aliphatic heterocycles. The molecule has 1 amide bonds. The molecule has 11 heteroatoms. The normalized spacial score (nSPS) is 12.9. The largest absolute Gasteiger partial charge is 0.462 e. The molecule has 4 heterocycles. The lowest BCUT2D eigenvalue weighted by atomic mass is 10.1. The van der Waals surface area contributed by atoms with Crippen molar-refractivity contribution in [1.29, 1.82) is 0 Å². The minimum absolute atomic E-state index is 0.00972. The fraction of sp³-hybridized carbons (Fsp3) is 0.269. The SMILES string of the molecule is CCOC(=O)c1cc2c(=O)n3cccc(C)c3nc2n(CCOC)c1=NC(=O)c1ccc2c(c1)OCO2. The van der Waals surface area contributed by atoms with Gasteiger partial charge in [-0.2, -0.15) is 4.99 Å². The van der Waals surface area contributed by atoms with Gasteiger partial charge in [-0.3, -0.25) is 14.0 Å². The van der Waals surface area contributed by atoms with Crippen LogP contribution in [0.15, 0.2) is 52.4 Å². The van der Waals surface area contributed by atoms with Crippen LogP contribution in [0.25, 0.3) is 16.7 Å². The molecule has 0 unspecified atom stereocenters. The van der Waals surface area contributed by atoms with Crippen molar-refractivity contribution < 1.29 is 28.5 Å². The highest BCUT2D eigenvalue weighted by Gasteiger charge is 2.21. The molecule has 37 heavy (non-hydrogen) atoms. The molecule has 1 aromatic carbocycles. The maximum absolute atomic E-state index is 13.5. The number of nitrogens with zero attached hydrogens (tertiary/aromatic N) is 4. The lowest BCUT2D eigenvalue weighted by Crippen LogP contribution is -2.33. The molecule has 0 radical (unpaired) electrons. The van der Waals surface area contributed by atoms with Gasteiger partial charge in [-0.15, -0.1) is 0 Å². The fourth-order valence-corrected chi connectivity index (χ4v) is 4.15. The van der Waals surface area contributed by atoms with Gasteiger partial charge in [-0.05, 0) is 49.7 Å². The summed E-state index contributed by atoms with van der Waals surface area (Å²) in [5.41, 5.74) is 1.34. The Labute approximate surface area is 210 Å². The molecule has 4 aromatic rings. The molecule has 190 valence electrons. The van der Waals surface area contributed by atoms with Crippen LogP contribution in [-0.2, 0) is 16.0 Å². The van der Waals surface area contributed by atoms with E-state index in [1.807, 2.05) is 13.0 Å². The standard InChI is InChI=1S/C26H24N4O7/c1-4-35-26(33)18-13-17-22(27-21-15(2)6-5-9-30(21)25(17)32)29(10-11-34-3)23(18)28-24(31)16-7-8-19-20(12-16)37-14-36-19/h5-9,12-13H,4,10-11,14H2,1-3H3. The maximum atomic E-state index is 13.5. The number of amides is 1. The molecule has 11 nitrogen and oxygen atoms in total. The Morgan fingerprint density at radius 1 is 1.14 bits per heavy atom. The maximum Gasteiger partial charge on any atom is 0.341 e. The highest BCUT2D eigenvalue weighted by molar-refractivity contribution is 5.97. The second-order valence-corrected chi connectivity index (χ2v) is 8.27. The van der Waals surface area contributed by atoms with Crippen molar-refractivity contribution in [2.45, 2.75) is 20.4 Å². The predicted molar refractivity (Wildman–Crippen MR) is 132 cm³/mol. The van der Waals surface area contributed by atoms with Gasteiger partial charge in [0.1, 0.15) is 16.9 Å². The number of benzene rings is 1. The van der Waals surface area contributed by atoms with Gasteiger partial charge in [-0.25, -0.2) is 9.78 Å². The fourth-order valence-electron chi connectivity index (χ4n) is 4.15. The molecular formula is C26H24N4O7. The summed E-state index contributed by atoms with van der Waals surface area (Å²) in [5, 5.41) is 0.178. The number of pyridine rings is 2. The van der Waals surface area contributed by atoms with Crippen LogP contribution in [0, 0.1) is 6.92 Å². The van der Waals surface area contributed by atoms with E-state index in [4.69, 9.17) is 23.9 Å². The summed E-state index contributed by atoms with van der Waals surface area (Å²) in [6, 6.07) is 9.68. The number of methoxy groups -OCH3 is 1. The van der Waals surface area contributed by atoms with Gasteiger partial charge in [0.25, 0.3) is 11.5 Å². The van der Waals surface area contributed by atoms with Crippen molar-refractivity contribution in [3.05, 3.63) is 75.1 Å². The molecular weight excluding hydrogens is 480 g/mol. The van der Waals surface area contributed by atoms with Crippen LogP contribution in [0.3, 0.4) is 0 Å². The van der Waals surface area contributed by atoms with E-state index in [9.17, 15) is 14.4 Å². The summed E-state index contributed by atoms with van der Waals surface area (Å²) in [7, 11) is 1.52. The molecule has 0 saturated carbocycles. The van der Waals surface area contributed by atoms with Crippen LogP contribution >= 0.6 is 0 Å². The first-order valence-corrected chi connectivity index (χ1v) is 11.6. The van der Waals surface area contributed by atoms with E-state index in [1.165, 1.54) is 23.6 Å². The van der Waals surface area contributed by atoms with Crippen LogP contribution < -0.4 is 20.5 Å². The zero-order valence-electron chi connectivity index (χ0n) is 20.5. The van der Waals surface area contributed by atoms with E-state index in [0.717, 1.165) is 5.56 Å². The third-order valence-corrected chi connectivity index (χ3v) is 5.95. The third kappa shape index (κ3) is 4.33. The summed E-state index contributed by atoms with van der Waals surface area (Å²) >= 11 is 0. The first kappa shape index (κ1) is 24.2. The summed E-state index contributed by atoms with van der Waals surface area (Å²) in [5.74, 6) is -0.393. The highest BCUT2D eigenvalue weighted by Crippen LogP contribution is 2.32. The van der Waals surface area contributed by atoms with E-state index in [-0.39, 0.29) is 59.8 Å². The Bertz CT molecular complexity index is 1690. The second kappa shape index (κ2) is 9.86. The number of carbonyl (C=O) groups excluding carboxylic acids is 2. The highest BCUT2D eigenvalue weighted by atomic mass is 16.7. The molecule has 0 fully saturated rings. The lowest BCUT2D eigenvalue weighted by molar-refractivity contribution is 0.0523. The number of fused-ring (bicyclic) bond motifs is 3. The molecule has 1 aliphatic rings. The van der Waals surface area contributed by atoms with Gasteiger partial charge < -0.3 is 23.5 Å². The summed E-state index contributed by atoms with van der Waals surface area (Å²) in [6.07, 6.45) is 1.61. The Morgan fingerprint density at radius 2 is 1.95 bits per heavy atom. The number of aromatic nitrogens is 3. The van der Waals surface area contributed by atoms with Gasteiger partial charge >= 0.3 is 5.97 Å². The van der Waals surface area contributed by atoms with Gasteiger partial charge in [0.2, 0.25) is 6.79 Å². The van der Waals surface area contributed by atoms with Crippen LogP contribution in [-0.4, -0.2) is 52.9 Å². The average Bonchev–Trinajstić information content (AvgIpc) is 3.37.